The van der Waals surface area contributed by atoms with Gasteiger partial charge in [0.25, 0.3) is 0 Å². The Balaban J connectivity index is 2.55. The van der Waals surface area contributed by atoms with Crippen LogP contribution in [0, 0.1) is 0 Å². The molecule has 8 heteroatoms. The van der Waals surface area contributed by atoms with Gasteiger partial charge in [0.2, 0.25) is 15.9 Å². The third kappa shape index (κ3) is 4.72. The van der Waals surface area contributed by atoms with Crippen LogP contribution in [-0.2, 0) is 14.8 Å². The van der Waals surface area contributed by atoms with Gasteiger partial charge in [0.05, 0.1) is 6.26 Å². The molecule has 7 nitrogen and oxygen atoms in total. The molecule has 0 aromatic carbocycles. The van der Waals surface area contributed by atoms with Gasteiger partial charge in [-0.15, -0.1) is 0 Å². The summed E-state index contributed by atoms with van der Waals surface area (Å²) in [6, 6.07) is -0.0170. The van der Waals surface area contributed by atoms with Crippen LogP contribution in [0.4, 0.5) is 0 Å². The predicted molar refractivity (Wildman–Crippen MR) is 74.1 cm³/mol. The van der Waals surface area contributed by atoms with Gasteiger partial charge in [-0.2, -0.15) is 4.31 Å². The molecule has 1 fully saturated rings. The molecule has 1 unspecified atom stereocenters. The maximum atomic E-state index is 11.7. The van der Waals surface area contributed by atoms with Crippen LogP contribution >= 0.6 is 0 Å². The van der Waals surface area contributed by atoms with Crippen LogP contribution in [0.25, 0.3) is 0 Å². The predicted octanol–water partition coefficient (Wildman–Crippen LogP) is -1.63. The number of amides is 1. The summed E-state index contributed by atoms with van der Waals surface area (Å²) in [5, 5.41) is 0. The van der Waals surface area contributed by atoms with Gasteiger partial charge in [-0.05, 0) is 0 Å². The van der Waals surface area contributed by atoms with Gasteiger partial charge in [-0.1, -0.05) is 0 Å². The van der Waals surface area contributed by atoms with E-state index in [1.54, 1.807) is 19.0 Å². The molecule has 1 rings (SSSR count). The maximum Gasteiger partial charge on any atom is 0.223 e. The van der Waals surface area contributed by atoms with Crippen molar-refractivity contribution in [2.24, 2.45) is 5.73 Å². The number of nitrogens with zero attached hydrogens (tertiary/aromatic N) is 3. The molecule has 19 heavy (non-hydrogen) atoms. The molecule has 1 saturated heterocycles. The number of rotatable bonds is 5. The number of hydrogen-bond acceptors (Lipinski definition) is 5. The van der Waals surface area contributed by atoms with E-state index in [1.807, 2.05) is 0 Å². The molecule has 1 aliphatic heterocycles. The number of piperazine rings is 1. The van der Waals surface area contributed by atoms with Crippen molar-refractivity contribution in [3.63, 3.8) is 0 Å². The van der Waals surface area contributed by atoms with Crippen LogP contribution in [0.2, 0.25) is 0 Å². The zero-order valence-electron chi connectivity index (χ0n) is 11.9. The minimum Gasteiger partial charge on any atom is -0.349 e. The van der Waals surface area contributed by atoms with Crippen LogP contribution in [0.15, 0.2) is 0 Å². The van der Waals surface area contributed by atoms with Crippen molar-refractivity contribution in [3.05, 3.63) is 0 Å². The minimum absolute atomic E-state index is 0.0170. The Morgan fingerprint density at radius 2 is 1.79 bits per heavy atom. The first kappa shape index (κ1) is 16.4. The highest BCUT2D eigenvalue weighted by atomic mass is 32.2. The first-order chi connectivity index (χ1) is 8.75. The molecule has 0 aliphatic carbocycles. The van der Waals surface area contributed by atoms with Crippen molar-refractivity contribution in [1.29, 1.82) is 0 Å². The molecular weight excluding hydrogens is 268 g/mol. The molecule has 0 radical (unpaired) electrons. The van der Waals surface area contributed by atoms with Crippen molar-refractivity contribution in [2.75, 3.05) is 53.1 Å². The van der Waals surface area contributed by atoms with Crippen LogP contribution in [0.1, 0.15) is 6.42 Å². The number of sulfonamides is 1. The lowest BCUT2D eigenvalue weighted by molar-refractivity contribution is -0.130. The third-order valence-electron chi connectivity index (χ3n) is 3.44. The van der Waals surface area contributed by atoms with Crippen molar-refractivity contribution in [3.8, 4) is 0 Å². The van der Waals surface area contributed by atoms with E-state index in [2.05, 4.69) is 4.90 Å². The Morgan fingerprint density at radius 3 is 2.16 bits per heavy atom. The van der Waals surface area contributed by atoms with Gasteiger partial charge in [0.15, 0.2) is 0 Å². The second-order valence-electron chi connectivity index (χ2n) is 5.08. The SMILES string of the molecule is CN(C)C(=O)CC(CN)N1CCN(S(C)(=O)=O)CC1. The topological polar surface area (TPSA) is 86.9 Å². The van der Waals surface area contributed by atoms with Gasteiger partial charge in [-0.25, -0.2) is 8.42 Å². The minimum atomic E-state index is -3.12. The molecule has 1 amide bonds. The summed E-state index contributed by atoms with van der Waals surface area (Å²) in [7, 11) is 0.322. The summed E-state index contributed by atoms with van der Waals surface area (Å²) in [5.74, 6) is 0.0426. The van der Waals surface area contributed by atoms with Gasteiger partial charge >= 0.3 is 0 Å². The van der Waals surface area contributed by atoms with Crippen LogP contribution in [0.5, 0.6) is 0 Å². The third-order valence-corrected chi connectivity index (χ3v) is 4.74. The summed E-state index contributed by atoms with van der Waals surface area (Å²) >= 11 is 0. The number of carbonyl (C=O) groups excluding carboxylic acids is 1. The lowest BCUT2D eigenvalue weighted by Crippen LogP contribution is -2.54. The van der Waals surface area contributed by atoms with Crippen molar-refractivity contribution >= 4 is 15.9 Å². The normalized spacial score (nSPS) is 20.2. The highest BCUT2D eigenvalue weighted by Crippen LogP contribution is 2.11. The number of nitrogens with two attached hydrogens (primary N) is 1. The summed E-state index contributed by atoms with van der Waals surface area (Å²) in [6.45, 7) is 2.57. The molecule has 112 valence electrons. The summed E-state index contributed by atoms with van der Waals surface area (Å²) < 4.78 is 24.3. The highest BCUT2D eigenvalue weighted by Gasteiger charge is 2.28. The van der Waals surface area contributed by atoms with E-state index in [9.17, 15) is 13.2 Å². The largest absolute Gasteiger partial charge is 0.349 e. The molecule has 2 N–H and O–H groups in total. The second-order valence-corrected chi connectivity index (χ2v) is 7.06. The van der Waals surface area contributed by atoms with E-state index in [0.29, 0.717) is 39.1 Å². The molecule has 0 aromatic rings. The fourth-order valence-corrected chi connectivity index (χ4v) is 2.97. The quantitative estimate of drug-likeness (QED) is 0.657. The molecule has 0 aromatic heterocycles. The molecule has 0 spiro atoms. The standard InChI is InChI=1S/C11H24N4O3S/c1-13(2)11(16)8-10(9-12)14-4-6-15(7-5-14)19(3,17)18/h10H,4-9,12H2,1-3H3. The first-order valence-corrected chi connectivity index (χ1v) is 8.20. The van der Waals surface area contributed by atoms with E-state index in [4.69, 9.17) is 5.73 Å². The molecule has 1 heterocycles. The molecule has 0 bridgehead atoms. The van der Waals surface area contributed by atoms with E-state index in [1.165, 1.54) is 10.6 Å². The van der Waals surface area contributed by atoms with E-state index in [0.717, 1.165) is 0 Å². The Labute approximate surface area is 115 Å². The summed E-state index contributed by atoms with van der Waals surface area (Å²) in [4.78, 5) is 15.4. The summed E-state index contributed by atoms with van der Waals surface area (Å²) in [5.41, 5.74) is 5.73. The monoisotopic (exact) mass is 292 g/mol. The Hall–Kier alpha value is -0.700. The molecule has 1 atom stereocenters. The van der Waals surface area contributed by atoms with E-state index < -0.39 is 10.0 Å². The lowest BCUT2D eigenvalue weighted by Gasteiger charge is -2.38. The average Bonchev–Trinajstić information content (AvgIpc) is 2.34. The number of carbonyl (C=O) groups is 1. The summed E-state index contributed by atoms with van der Waals surface area (Å²) in [6.07, 6.45) is 1.60. The van der Waals surface area contributed by atoms with Crippen molar-refractivity contribution in [1.82, 2.24) is 14.1 Å². The van der Waals surface area contributed by atoms with Gasteiger partial charge < -0.3 is 10.6 Å². The average molecular weight is 292 g/mol. The smallest absolute Gasteiger partial charge is 0.223 e. The van der Waals surface area contributed by atoms with Crippen LogP contribution in [0.3, 0.4) is 0 Å². The Kier molecular flexibility index (Phi) is 5.72. The molecular formula is C11H24N4O3S. The van der Waals surface area contributed by atoms with Gasteiger partial charge in [-0.3, -0.25) is 9.69 Å². The van der Waals surface area contributed by atoms with Crippen LogP contribution < -0.4 is 5.73 Å². The highest BCUT2D eigenvalue weighted by molar-refractivity contribution is 7.88. The fraction of sp³-hybridized carbons (Fsp3) is 0.909. The van der Waals surface area contributed by atoms with Crippen molar-refractivity contribution < 1.29 is 13.2 Å². The van der Waals surface area contributed by atoms with E-state index >= 15 is 0 Å². The van der Waals surface area contributed by atoms with E-state index in [-0.39, 0.29) is 11.9 Å². The first-order valence-electron chi connectivity index (χ1n) is 6.35. The zero-order chi connectivity index (χ0) is 14.6. The van der Waals surface area contributed by atoms with Crippen molar-refractivity contribution in [2.45, 2.75) is 12.5 Å². The maximum absolute atomic E-state index is 11.7. The fourth-order valence-electron chi connectivity index (χ4n) is 2.15. The van der Waals surface area contributed by atoms with Gasteiger partial charge in [0, 0.05) is 59.3 Å². The van der Waals surface area contributed by atoms with Crippen LogP contribution in [-0.4, -0.2) is 87.5 Å². The van der Waals surface area contributed by atoms with Gasteiger partial charge in [0.1, 0.15) is 0 Å². The molecule has 1 aliphatic rings. The Bertz CT molecular complexity index is 402. The zero-order valence-corrected chi connectivity index (χ0v) is 12.7. The Morgan fingerprint density at radius 1 is 1.26 bits per heavy atom. The lowest BCUT2D eigenvalue weighted by atomic mass is 10.1. The molecule has 0 saturated carbocycles. The second kappa shape index (κ2) is 6.65. The number of hydrogen-bond donors (Lipinski definition) is 1.